The zero-order valence-electron chi connectivity index (χ0n) is 17.1. The SMILES string of the molecule is CCCC[C@]1(CC)CS(=O)(=O)c2cc(OC)c(Br)cc2[C@@H](c2ccccc2)N1O. The number of methoxy groups -OCH3 is 1. The minimum absolute atomic E-state index is 0.131. The van der Waals surface area contributed by atoms with E-state index in [2.05, 4.69) is 22.9 Å². The molecule has 0 spiro atoms. The fourth-order valence-corrected chi connectivity index (χ4v) is 6.87. The molecular weight excluding hydrogens is 454 g/mol. The lowest BCUT2D eigenvalue weighted by Gasteiger charge is -2.42. The van der Waals surface area contributed by atoms with Gasteiger partial charge in [0.25, 0.3) is 0 Å². The third-order valence-corrected chi connectivity index (χ3v) is 8.43. The topological polar surface area (TPSA) is 66.8 Å². The van der Waals surface area contributed by atoms with Crippen LogP contribution < -0.4 is 4.74 Å². The molecule has 3 rings (SSSR count). The van der Waals surface area contributed by atoms with E-state index in [0.717, 1.165) is 18.4 Å². The maximum absolute atomic E-state index is 13.5. The van der Waals surface area contributed by atoms with Crippen molar-refractivity contribution in [3.63, 3.8) is 0 Å². The van der Waals surface area contributed by atoms with Gasteiger partial charge in [-0.1, -0.05) is 57.0 Å². The lowest BCUT2D eigenvalue weighted by Crippen LogP contribution is -2.51. The molecule has 5 nitrogen and oxygen atoms in total. The Balaban J connectivity index is 2.32. The molecule has 2 aromatic rings. The van der Waals surface area contributed by atoms with Gasteiger partial charge in [0.1, 0.15) is 5.75 Å². The Morgan fingerprint density at radius 2 is 1.93 bits per heavy atom. The molecular formula is C22H28BrNO4S. The van der Waals surface area contributed by atoms with Crippen molar-refractivity contribution in [1.29, 1.82) is 0 Å². The van der Waals surface area contributed by atoms with E-state index < -0.39 is 21.4 Å². The van der Waals surface area contributed by atoms with Crippen LogP contribution in [-0.2, 0) is 9.84 Å². The highest BCUT2D eigenvalue weighted by molar-refractivity contribution is 9.10. The summed E-state index contributed by atoms with van der Waals surface area (Å²) in [6.07, 6.45) is 2.90. The summed E-state index contributed by atoms with van der Waals surface area (Å²) >= 11 is 3.49. The van der Waals surface area contributed by atoms with E-state index in [4.69, 9.17) is 4.74 Å². The lowest BCUT2D eigenvalue weighted by molar-refractivity contribution is -0.193. The van der Waals surface area contributed by atoms with Crippen LogP contribution in [0.1, 0.15) is 56.7 Å². The first-order valence-electron chi connectivity index (χ1n) is 9.93. The van der Waals surface area contributed by atoms with Crippen molar-refractivity contribution in [1.82, 2.24) is 5.06 Å². The molecule has 0 aromatic heterocycles. The molecule has 29 heavy (non-hydrogen) atoms. The second-order valence-corrected chi connectivity index (χ2v) is 10.4. The maximum Gasteiger partial charge on any atom is 0.180 e. The second-order valence-electron chi connectivity index (χ2n) is 7.62. The van der Waals surface area contributed by atoms with E-state index in [0.29, 0.717) is 28.6 Å². The molecule has 2 atom stereocenters. The summed E-state index contributed by atoms with van der Waals surface area (Å²) in [5.41, 5.74) is 0.534. The molecule has 0 saturated carbocycles. The van der Waals surface area contributed by atoms with Gasteiger partial charge < -0.3 is 9.94 Å². The maximum atomic E-state index is 13.5. The van der Waals surface area contributed by atoms with Gasteiger partial charge in [-0.15, -0.1) is 0 Å². The first kappa shape index (κ1) is 22.3. The van der Waals surface area contributed by atoms with Crippen LogP contribution in [0.2, 0.25) is 0 Å². The molecule has 1 heterocycles. The highest BCUT2D eigenvalue weighted by Crippen LogP contribution is 2.46. The van der Waals surface area contributed by atoms with E-state index in [9.17, 15) is 13.6 Å². The number of benzene rings is 2. The molecule has 0 aliphatic carbocycles. The Hall–Kier alpha value is -1.41. The van der Waals surface area contributed by atoms with Gasteiger partial charge in [-0.2, -0.15) is 5.06 Å². The fraction of sp³-hybridized carbons (Fsp3) is 0.455. The van der Waals surface area contributed by atoms with Crippen LogP contribution in [0.3, 0.4) is 0 Å². The Morgan fingerprint density at radius 3 is 2.52 bits per heavy atom. The van der Waals surface area contributed by atoms with Crippen LogP contribution in [-0.4, -0.2) is 37.1 Å². The Bertz CT molecular complexity index is 964. The molecule has 1 aliphatic heterocycles. The number of hydrogen-bond donors (Lipinski definition) is 1. The largest absolute Gasteiger partial charge is 0.496 e. The van der Waals surface area contributed by atoms with E-state index in [-0.39, 0.29) is 10.6 Å². The number of fused-ring (bicyclic) bond motifs is 1. The lowest BCUT2D eigenvalue weighted by atomic mass is 9.87. The summed E-state index contributed by atoms with van der Waals surface area (Å²) in [7, 11) is -2.14. The molecule has 1 aliphatic rings. The quantitative estimate of drug-likeness (QED) is 0.600. The van der Waals surface area contributed by atoms with Gasteiger partial charge in [-0.3, -0.25) is 0 Å². The molecule has 0 saturated heterocycles. The summed E-state index contributed by atoms with van der Waals surface area (Å²) < 4.78 is 33.1. The number of hydrogen-bond acceptors (Lipinski definition) is 5. The molecule has 0 bridgehead atoms. The molecule has 0 amide bonds. The minimum Gasteiger partial charge on any atom is -0.496 e. The minimum atomic E-state index is -3.65. The predicted molar refractivity (Wildman–Crippen MR) is 117 cm³/mol. The van der Waals surface area contributed by atoms with Crippen LogP contribution in [0.4, 0.5) is 0 Å². The average molecular weight is 482 g/mol. The average Bonchev–Trinajstić information content (AvgIpc) is 2.78. The van der Waals surface area contributed by atoms with Gasteiger partial charge >= 0.3 is 0 Å². The van der Waals surface area contributed by atoms with Crippen LogP contribution in [0.5, 0.6) is 5.75 Å². The summed E-state index contributed by atoms with van der Waals surface area (Å²) in [6, 6.07) is 12.3. The van der Waals surface area contributed by atoms with Crippen molar-refractivity contribution < 1.29 is 18.4 Å². The summed E-state index contributed by atoms with van der Waals surface area (Å²) in [5.74, 6) is 0.329. The number of hydroxylamine groups is 2. The number of unbranched alkanes of at least 4 members (excludes halogenated alkanes) is 1. The highest BCUT2D eigenvalue weighted by atomic mass is 79.9. The number of rotatable bonds is 6. The van der Waals surface area contributed by atoms with Crippen molar-refractivity contribution in [2.45, 2.75) is 56.0 Å². The van der Waals surface area contributed by atoms with Crippen molar-refractivity contribution >= 4 is 25.8 Å². The highest BCUT2D eigenvalue weighted by Gasteiger charge is 2.48. The third-order valence-electron chi connectivity index (χ3n) is 5.87. The third kappa shape index (κ3) is 4.10. The summed E-state index contributed by atoms with van der Waals surface area (Å²) in [5, 5.41) is 12.9. The van der Waals surface area contributed by atoms with Crippen molar-refractivity contribution in [2.24, 2.45) is 0 Å². The van der Waals surface area contributed by atoms with Crippen LogP contribution >= 0.6 is 15.9 Å². The first-order valence-corrected chi connectivity index (χ1v) is 12.4. The van der Waals surface area contributed by atoms with Crippen molar-refractivity contribution in [3.05, 3.63) is 58.1 Å². The molecule has 1 N–H and O–H groups in total. The summed E-state index contributed by atoms with van der Waals surface area (Å²) in [6.45, 7) is 4.02. The summed E-state index contributed by atoms with van der Waals surface area (Å²) in [4.78, 5) is 0.220. The van der Waals surface area contributed by atoms with Crippen LogP contribution in [0.15, 0.2) is 51.8 Å². The van der Waals surface area contributed by atoms with E-state index in [1.54, 1.807) is 12.1 Å². The molecule has 7 heteroatoms. The second kappa shape index (κ2) is 8.76. The van der Waals surface area contributed by atoms with E-state index >= 15 is 0 Å². The van der Waals surface area contributed by atoms with Gasteiger partial charge in [-0.25, -0.2) is 8.42 Å². The van der Waals surface area contributed by atoms with Gasteiger partial charge in [0.05, 0.1) is 33.8 Å². The van der Waals surface area contributed by atoms with Crippen LogP contribution in [0, 0.1) is 0 Å². The number of halogens is 1. The van der Waals surface area contributed by atoms with Crippen LogP contribution in [0.25, 0.3) is 0 Å². The predicted octanol–water partition coefficient (Wildman–Crippen LogP) is 5.36. The normalized spacial score (nSPS) is 24.0. The number of nitrogens with zero attached hydrogens (tertiary/aromatic N) is 1. The molecule has 0 unspecified atom stereocenters. The zero-order chi connectivity index (χ0) is 21.2. The Labute approximate surface area is 181 Å². The zero-order valence-corrected chi connectivity index (χ0v) is 19.5. The molecule has 158 valence electrons. The van der Waals surface area contributed by atoms with Crippen molar-refractivity contribution in [2.75, 3.05) is 12.9 Å². The smallest absolute Gasteiger partial charge is 0.180 e. The monoisotopic (exact) mass is 481 g/mol. The van der Waals surface area contributed by atoms with Gasteiger partial charge in [0.15, 0.2) is 9.84 Å². The van der Waals surface area contributed by atoms with Gasteiger partial charge in [0, 0.05) is 6.07 Å². The number of ether oxygens (including phenoxy) is 1. The Morgan fingerprint density at radius 1 is 1.24 bits per heavy atom. The van der Waals surface area contributed by atoms with Crippen molar-refractivity contribution in [3.8, 4) is 5.75 Å². The first-order chi connectivity index (χ1) is 13.8. The van der Waals surface area contributed by atoms with E-state index in [1.807, 2.05) is 37.3 Å². The molecule has 0 fully saturated rings. The molecule has 0 radical (unpaired) electrons. The van der Waals surface area contributed by atoms with Gasteiger partial charge in [0.2, 0.25) is 0 Å². The fourth-order valence-electron chi connectivity index (χ4n) is 4.18. The molecule has 2 aromatic carbocycles. The van der Waals surface area contributed by atoms with Gasteiger partial charge in [-0.05, 0) is 46.0 Å². The Kier molecular flexibility index (Phi) is 6.73. The number of sulfone groups is 1. The van der Waals surface area contributed by atoms with E-state index in [1.165, 1.54) is 12.2 Å². The standard InChI is InChI=1S/C22H28BrNO4S/c1-4-6-12-22(5-2)15-29(26,27)20-14-19(28-3)18(23)13-17(20)21(24(22)25)16-10-8-7-9-11-16/h7-11,13-14,21,25H,4-6,12,15H2,1-3H3/t21-,22-/m1/s1.